The van der Waals surface area contributed by atoms with Gasteiger partial charge in [0.05, 0.1) is 37.2 Å². The van der Waals surface area contributed by atoms with Gasteiger partial charge in [-0.3, -0.25) is 9.48 Å². The summed E-state index contributed by atoms with van der Waals surface area (Å²) in [6, 6.07) is -0.203. The Morgan fingerprint density at radius 3 is 2.96 bits per heavy atom. The quantitative estimate of drug-likeness (QED) is 0.564. The zero-order chi connectivity index (χ0) is 19.0. The molecule has 4 atom stereocenters. The van der Waals surface area contributed by atoms with E-state index in [0.717, 1.165) is 25.5 Å². The SMILES string of the molecule is NC(=O)[C@H]1[C@@H]2CC[C@@H](C2)[C@H]1Nc1nc(Nc2cnn(CCO)c2)ncc1F. The maximum Gasteiger partial charge on any atom is 0.229 e. The second-order valence-corrected chi connectivity index (χ2v) is 7.16. The first-order chi connectivity index (χ1) is 13.0. The van der Waals surface area contributed by atoms with E-state index in [1.165, 1.54) is 0 Å². The Hall–Kier alpha value is -2.75. The number of hydrogen-bond donors (Lipinski definition) is 4. The highest BCUT2D eigenvalue weighted by molar-refractivity contribution is 5.79. The third-order valence-corrected chi connectivity index (χ3v) is 5.51. The van der Waals surface area contributed by atoms with Gasteiger partial charge in [0, 0.05) is 12.2 Å². The maximum atomic E-state index is 14.3. The Bertz CT molecular complexity index is 842. The largest absolute Gasteiger partial charge is 0.394 e. The molecule has 2 heterocycles. The molecule has 5 N–H and O–H groups in total. The number of rotatable bonds is 7. The van der Waals surface area contributed by atoms with Gasteiger partial charge in [-0.1, -0.05) is 0 Å². The average Bonchev–Trinajstić information content (AvgIpc) is 3.34. The fourth-order valence-corrected chi connectivity index (χ4v) is 4.38. The molecule has 2 saturated carbocycles. The number of carbonyl (C=O) groups is 1. The summed E-state index contributed by atoms with van der Waals surface area (Å²) in [7, 11) is 0. The van der Waals surface area contributed by atoms with E-state index in [9.17, 15) is 9.18 Å². The molecule has 0 aliphatic heterocycles. The van der Waals surface area contributed by atoms with Crippen molar-refractivity contribution in [2.45, 2.75) is 31.8 Å². The molecule has 27 heavy (non-hydrogen) atoms. The third-order valence-electron chi connectivity index (χ3n) is 5.51. The van der Waals surface area contributed by atoms with E-state index in [1.807, 2.05) is 0 Å². The molecule has 9 nitrogen and oxygen atoms in total. The van der Waals surface area contributed by atoms with Gasteiger partial charge >= 0.3 is 0 Å². The van der Waals surface area contributed by atoms with Gasteiger partial charge in [-0.05, 0) is 31.1 Å². The van der Waals surface area contributed by atoms with Crippen LogP contribution in [0.25, 0.3) is 0 Å². The lowest BCUT2D eigenvalue weighted by molar-refractivity contribution is -0.123. The molecular weight excluding hydrogens is 353 g/mol. The van der Waals surface area contributed by atoms with E-state index < -0.39 is 5.82 Å². The van der Waals surface area contributed by atoms with Crippen molar-refractivity contribution < 1.29 is 14.3 Å². The number of nitrogens with zero attached hydrogens (tertiary/aromatic N) is 4. The molecule has 1 amide bonds. The normalized spacial score (nSPS) is 26.3. The first-order valence-electron chi connectivity index (χ1n) is 9.04. The number of amides is 1. The van der Waals surface area contributed by atoms with Gasteiger partial charge in [0.1, 0.15) is 0 Å². The molecule has 2 aromatic heterocycles. The predicted molar refractivity (Wildman–Crippen MR) is 95.5 cm³/mol. The van der Waals surface area contributed by atoms with E-state index in [4.69, 9.17) is 10.8 Å². The van der Waals surface area contributed by atoms with Gasteiger partial charge in [-0.25, -0.2) is 9.37 Å². The van der Waals surface area contributed by atoms with Crippen LogP contribution in [0.1, 0.15) is 19.3 Å². The lowest BCUT2D eigenvalue weighted by Crippen LogP contribution is -2.42. The Morgan fingerprint density at radius 2 is 2.19 bits per heavy atom. The molecule has 144 valence electrons. The van der Waals surface area contributed by atoms with Gasteiger partial charge in [0.25, 0.3) is 0 Å². The molecule has 0 aromatic carbocycles. The molecule has 0 radical (unpaired) electrons. The second-order valence-electron chi connectivity index (χ2n) is 7.16. The van der Waals surface area contributed by atoms with Crippen LogP contribution in [-0.4, -0.2) is 43.4 Å². The zero-order valence-corrected chi connectivity index (χ0v) is 14.7. The summed E-state index contributed by atoms with van der Waals surface area (Å²) in [6.45, 7) is 0.352. The summed E-state index contributed by atoms with van der Waals surface area (Å²) in [6.07, 6.45) is 7.28. The van der Waals surface area contributed by atoms with Crippen LogP contribution in [0.15, 0.2) is 18.6 Å². The molecule has 2 aliphatic rings. The summed E-state index contributed by atoms with van der Waals surface area (Å²) in [4.78, 5) is 20.0. The topological polar surface area (TPSA) is 131 Å². The number of primary amides is 1. The highest BCUT2D eigenvalue weighted by Crippen LogP contribution is 2.49. The first-order valence-corrected chi connectivity index (χ1v) is 9.04. The van der Waals surface area contributed by atoms with E-state index in [2.05, 4.69) is 25.7 Å². The number of nitrogens with two attached hydrogens (primary N) is 1. The monoisotopic (exact) mass is 375 g/mol. The maximum absolute atomic E-state index is 14.3. The van der Waals surface area contributed by atoms with Crippen molar-refractivity contribution in [1.82, 2.24) is 19.7 Å². The zero-order valence-electron chi connectivity index (χ0n) is 14.7. The average molecular weight is 375 g/mol. The van der Waals surface area contributed by atoms with Crippen molar-refractivity contribution in [3.63, 3.8) is 0 Å². The molecule has 2 aliphatic carbocycles. The molecular formula is C17H22FN7O2. The Labute approximate surface area is 155 Å². The van der Waals surface area contributed by atoms with Crippen molar-refractivity contribution in [2.24, 2.45) is 23.5 Å². The van der Waals surface area contributed by atoms with E-state index in [0.29, 0.717) is 18.2 Å². The van der Waals surface area contributed by atoms with Crippen LogP contribution in [0, 0.1) is 23.6 Å². The van der Waals surface area contributed by atoms with Gasteiger partial charge in [0.2, 0.25) is 11.9 Å². The number of aromatic nitrogens is 4. The Kier molecular flexibility index (Phi) is 4.65. The molecule has 2 fully saturated rings. The number of anilines is 3. The molecule has 0 unspecified atom stereocenters. The van der Waals surface area contributed by atoms with E-state index in [-0.39, 0.29) is 42.2 Å². The first kappa shape index (κ1) is 17.7. The van der Waals surface area contributed by atoms with Crippen LogP contribution in [0.4, 0.5) is 21.8 Å². The lowest BCUT2D eigenvalue weighted by atomic mass is 9.84. The number of hydrogen-bond acceptors (Lipinski definition) is 7. The standard InChI is InChI=1S/C17H22FN7O2/c18-12-7-20-17(22-11-6-21-25(8-11)3-4-26)24-16(12)23-14-10-2-1-9(5-10)13(14)15(19)27/h6-10,13-14,26H,1-5H2,(H2,19,27)(H2,20,22,23,24)/t9-,10+,13+,14-/m1/s1. The van der Waals surface area contributed by atoms with Crippen molar-refractivity contribution >= 4 is 23.4 Å². The Morgan fingerprint density at radius 1 is 1.37 bits per heavy atom. The highest BCUT2D eigenvalue weighted by atomic mass is 19.1. The lowest BCUT2D eigenvalue weighted by Gasteiger charge is -2.30. The van der Waals surface area contributed by atoms with Gasteiger partial charge < -0.3 is 21.5 Å². The van der Waals surface area contributed by atoms with Crippen molar-refractivity contribution in [2.75, 3.05) is 17.2 Å². The van der Waals surface area contributed by atoms with Gasteiger partial charge in [-0.15, -0.1) is 0 Å². The van der Waals surface area contributed by atoms with Gasteiger partial charge in [-0.2, -0.15) is 10.1 Å². The second kappa shape index (κ2) is 7.10. The van der Waals surface area contributed by atoms with Crippen molar-refractivity contribution in [3.8, 4) is 0 Å². The predicted octanol–water partition coefficient (Wildman–Crippen LogP) is 0.860. The fraction of sp³-hybridized carbons (Fsp3) is 0.529. The van der Waals surface area contributed by atoms with E-state index in [1.54, 1.807) is 17.1 Å². The summed E-state index contributed by atoms with van der Waals surface area (Å²) in [5.41, 5.74) is 6.20. The van der Waals surface area contributed by atoms with Crippen LogP contribution in [0.5, 0.6) is 0 Å². The number of aliphatic hydroxyl groups is 1. The summed E-state index contributed by atoms with van der Waals surface area (Å²) in [5, 5.41) is 19.1. The molecule has 2 bridgehead atoms. The molecule has 0 saturated heterocycles. The van der Waals surface area contributed by atoms with Crippen molar-refractivity contribution in [1.29, 1.82) is 0 Å². The molecule has 10 heteroatoms. The molecule has 0 spiro atoms. The number of aliphatic hydroxyl groups excluding tert-OH is 1. The van der Waals surface area contributed by atoms with E-state index >= 15 is 0 Å². The minimum Gasteiger partial charge on any atom is -0.394 e. The molecule has 4 rings (SSSR count). The molecule has 2 aromatic rings. The summed E-state index contributed by atoms with van der Waals surface area (Å²) in [5.74, 6) is -0.391. The fourth-order valence-electron chi connectivity index (χ4n) is 4.38. The summed E-state index contributed by atoms with van der Waals surface area (Å²) >= 11 is 0. The number of nitrogens with one attached hydrogen (secondary N) is 2. The number of fused-ring (bicyclic) bond motifs is 2. The van der Waals surface area contributed by atoms with Crippen LogP contribution < -0.4 is 16.4 Å². The van der Waals surface area contributed by atoms with Crippen LogP contribution >= 0.6 is 0 Å². The highest BCUT2D eigenvalue weighted by Gasteiger charge is 2.50. The van der Waals surface area contributed by atoms with Crippen molar-refractivity contribution in [3.05, 3.63) is 24.4 Å². The number of halogens is 1. The minimum atomic E-state index is -0.581. The van der Waals surface area contributed by atoms with Gasteiger partial charge in [0.15, 0.2) is 11.6 Å². The smallest absolute Gasteiger partial charge is 0.229 e. The van der Waals surface area contributed by atoms with Crippen LogP contribution in [0.2, 0.25) is 0 Å². The summed E-state index contributed by atoms with van der Waals surface area (Å²) < 4.78 is 15.8. The Balaban J connectivity index is 1.51. The van der Waals surface area contributed by atoms with Crippen LogP contribution in [0.3, 0.4) is 0 Å². The van der Waals surface area contributed by atoms with Crippen LogP contribution in [-0.2, 0) is 11.3 Å². The minimum absolute atomic E-state index is 0.0210. The number of carbonyl (C=O) groups excluding carboxylic acids is 1. The third kappa shape index (κ3) is 3.44.